The summed E-state index contributed by atoms with van der Waals surface area (Å²) in [5, 5.41) is 0. The lowest BCUT2D eigenvalue weighted by atomic mass is 10.1. The van der Waals surface area contributed by atoms with Gasteiger partial charge in [0, 0.05) is 19.5 Å². The van der Waals surface area contributed by atoms with Gasteiger partial charge in [-0.3, -0.25) is 0 Å². The van der Waals surface area contributed by atoms with Gasteiger partial charge in [0.15, 0.2) is 0 Å². The summed E-state index contributed by atoms with van der Waals surface area (Å²) in [6, 6.07) is 0. The van der Waals surface area contributed by atoms with Crippen molar-refractivity contribution >= 4 is 6.29 Å². The first kappa shape index (κ1) is 15.2. The molecule has 1 fully saturated rings. The van der Waals surface area contributed by atoms with E-state index in [0.29, 0.717) is 0 Å². The molecule has 18 heavy (non-hydrogen) atoms. The first-order chi connectivity index (χ1) is 8.93. The summed E-state index contributed by atoms with van der Waals surface area (Å²) in [5.74, 6) is 0. The normalized spacial score (nSPS) is 16.3. The summed E-state index contributed by atoms with van der Waals surface area (Å²) in [7, 11) is 0. The van der Waals surface area contributed by atoms with Gasteiger partial charge >= 0.3 is 0 Å². The van der Waals surface area contributed by atoms with Gasteiger partial charge in [-0.2, -0.15) is 0 Å². The lowest BCUT2D eigenvalue weighted by Crippen LogP contribution is -2.31. The van der Waals surface area contributed by atoms with E-state index in [1.54, 1.807) is 0 Å². The maximum Gasteiger partial charge on any atom is 0.119 e. The highest BCUT2D eigenvalue weighted by molar-refractivity contribution is 5.48. The van der Waals surface area contributed by atoms with Crippen LogP contribution in [0.5, 0.6) is 0 Å². The standard InChI is InChI=1S/C15H27NO2/c17-13-9-7-5-3-1-2-4-6-8-10-16-11-14-18-15-12-16/h8,10,13H,1-7,9,11-12,14-15H2. The van der Waals surface area contributed by atoms with Crippen molar-refractivity contribution in [2.24, 2.45) is 0 Å². The third-order valence-corrected chi connectivity index (χ3v) is 3.30. The highest BCUT2D eigenvalue weighted by Gasteiger charge is 2.04. The number of hydrogen-bond donors (Lipinski definition) is 0. The van der Waals surface area contributed by atoms with Gasteiger partial charge in [0.05, 0.1) is 13.2 Å². The number of rotatable bonds is 10. The molecule has 0 unspecified atom stereocenters. The van der Waals surface area contributed by atoms with Crippen LogP contribution >= 0.6 is 0 Å². The second kappa shape index (κ2) is 11.3. The lowest BCUT2D eigenvalue weighted by molar-refractivity contribution is -0.107. The van der Waals surface area contributed by atoms with E-state index in [1.165, 1.54) is 38.5 Å². The first-order valence-corrected chi connectivity index (χ1v) is 7.35. The van der Waals surface area contributed by atoms with Crippen LogP contribution in [0.15, 0.2) is 12.3 Å². The van der Waals surface area contributed by atoms with E-state index in [9.17, 15) is 4.79 Å². The predicted molar refractivity (Wildman–Crippen MR) is 74.5 cm³/mol. The van der Waals surface area contributed by atoms with Crippen molar-refractivity contribution in [3.8, 4) is 0 Å². The molecule has 3 heteroatoms. The maximum absolute atomic E-state index is 10.1. The molecular formula is C15H27NO2. The quantitative estimate of drug-likeness (QED) is 0.442. The van der Waals surface area contributed by atoms with Gasteiger partial charge < -0.3 is 14.4 Å². The molecule has 1 heterocycles. The molecule has 0 aromatic carbocycles. The number of ether oxygens (including phenoxy) is 1. The number of morpholine rings is 1. The summed E-state index contributed by atoms with van der Waals surface area (Å²) >= 11 is 0. The minimum Gasteiger partial charge on any atom is -0.378 e. The zero-order chi connectivity index (χ0) is 12.9. The molecular weight excluding hydrogens is 226 g/mol. The largest absolute Gasteiger partial charge is 0.378 e. The van der Waals surface area contributed by atoms with Crippen molar-refractivity contribution in [2.75, 3.05) is 26.3 Å². The van der Waals surface area contributed by atoms with E-state index in [0.717, 1.165) is 45.4 Å². The summed E-state index contributed by atoms with van der Waals surface area (Å²) in [4.78, 5) is 12.5. The number of aldehydes is 1. The van der Waals surface area contributed by atoms with Crippen molar-refractivity contribution in [2.45, 2.75) is 51.4 Å². The van der Waals surface area contributed by atoms with Gasteiger partial charge in [0.2, 0.25) is 0 Å². The Morgan fingerprint density at radius 1 is 0.889 bits per heavy atom. The molecule has 0 saturated carbocycles. The minimum absolute atomic E-state index is 0.738. The smallest absolute Gasteiger partial charge is 0.119 e. The molecule has 0 radical (unpaired) electrons. The predicted octanol–water partition coefficient (Wildman–Crippen LogP) is 3.15. The molecule has 0 N–H and O–H groups in total. The molecule has 0 aromatic heterocycles. The van der Waals surface area contributed by atoms with Crippen LogP contribution in [-0.4, -0.2) is 37.5 Å². The fraction of sp³-hybridized carbons (Fsp3) is 0.800. The van der Waals surface area contributed by atoms with E-state index in [1.807, 2.05) is 0 Å². The van der Waals surface area contributed by atoms with Gasteiger partial charge in [0.1, 0.15) is 6.29 Å². The average molecular weight is 253 g/mol. The second-order valence-corrected chi connectivity index (χ2v) is 4.90. The maximum atomic E-state index is 10.1. The highest BCUT2D eigenvalue weighted by Crippen LogP contribution is 2.08. The van der Waals surface area contributed by atoms with E-state index in [4.69, 9.17) is 4.74 Å². The average Bonchev–Trinajstić information content (AvgIpc) is 2.42. The van der Waals surface area contributed by atoms with Crippen LogP contribution in [0.25, 0.3) is 0 Å². The fourth-order valence-corrected chi connectivity index (χ4v) is 2.15. The molecule has 0 amide bonds. The Morgan fingerprint density at radius 2 is 1.50 bits per heavy atom. The van der Waals surface area contributed by atoms with E-state index in [2.05, 4.69) is 17.2 Å². The van der Waals surface area contributed by atoms with Gasteiger partial charge in [-0.1, -0.05) is 31.8 Å². The Morgan fingerprint density at radius 3 is 2.17 bits per heavy atom. The molecule has 3 nitrogen and oxygen atoms in total. The summed E-state index contributed by atoms with van der Waals surface area (Å²) in [6.45, 7) is 3.80. The molecule has 0 aromatic rings. The van der Waals surface area contributed by atoms with Crippen molar-refractivity contribution < 1.29 is 9.53 Å². The van der Waals surface area contributed by atoms with Crippen LogP contribution < -0.4 is 0 Å². The van der Waals surface area contributed by atoms with Crippen molar-refractivity contribution in [3.63, 3.8) is 0 Å². The molecule has 0 atom stereocenters. The lowest BCUT2D eigenvalue weighted by Gasteiger charge is -2.24. The number of carbonyl (C=O) groups excluding carboxylic acids is 1. The van der Waals surface area contributed by atoms with Crippen molar-refractivity contribution in [1.29, 1.82) is 0 Å². The third-order valence-electron chi connectivity index (χ3n) is 3.30. The molecule has 0 spiro atoms. The number of carbonyl (C=O) groups is 1. The molecule has 1 aliphatic rings. The van der Waals surface area contributed by atoms with Crippen LogP contribution in [0.2, 0.25) is 0 Å². The van der Waals surface area contributed by atoms with E-state index in [-0.39, 0.29) is 0 Å². The van der Waals surface area contributed by atoms with Gasteiger partial charge in [-0.15, -0.1) is 0 Å². The zero-order valence-corrected chi connectivity index (χ0v) is 11.5. The van der Waals surface area contributed by atoms with Crippen LogP contribution in [0.4, 0.5) is 0 Å². The molecule has 1 rings (SSSR count). The Bertz CT molecular complexity index is 223. The molecule has 0 bridgehead atoms. The Balaban J connectivity index is 1.82. The van der Waals surface area contributed by atoms with E-state index >= 15 is 0 Å². The number of allylic oxidation sites excluding steroid dienone is 1. The summed E-state index contributed by atoms with van der Waals surface area (Å²) < 4.78 is 5.30. The molecule has 1 aliphatic heterocycles. The summed E-state index contributed by atoms with van der Waals surface area (Å²) in [5.41, 5.74) is 0. The monoisotopic (exact) mass is 253 g/mol. The van der Waals surface area contributed by atoms with Crippen LogP contribution in [0.3, 0.4) is 0 Å². The Kier molecular flexibility index (Phi) is 9.54. The van der Waals surface area contributed by atoms with Crippen molar-refractivity contribution in [3.05, 3.63) is 12.3 Å². The minimum atomic E-state index is 0.738. The fourth-order valence-electron chi connectivity index (χ4n) is 2.15. The first-order valence-electron chi connectivity index (χ1n) is 7.35. The van der Waals surface area contributed by atoms with Crippen LogP contribution in [-0.2, 0) is 9.53 Å². The van der Waals surface area contributed by atoms with Crippen molar-refractivity contribution in [1.82, 2.24) is 4.90 Å². The number of hydrogen-bond acceptors (Lipinski definition) is 3. The Hall–Kier alpha value is -0.830. The van der Waals surface area contributed by atoms with Gasteiger partial charge in [-0.25, -0.2) is 0 Å². The van der Waals surface area contributed by atoms with Crippen LogP contribution in [0, 0.1) is 0 Å². The van der Waals surface area contributed by atoms with Crippen LogP contribution in [0.1, 0.15) is 51.4 Å². The molecule has 0 aliphatic carbocycles. The summed E-state index contributed by atoms with van der Waals surface area (Å²) in [6.07, 6.45) is 14.9. The Labute approximate surface area is 111 Å². The number of nitrogens with zero attached hydrogens (tertiary/aromatic N) is 1. The van der Waals surface area contributed by atoms with E-state index < -0.39 is 0 Å². The third kappa shape index (κ3) is 8.29. The number of unbranched alkanes of at least 4 members (excludes halogenated alkanes) is 7. The second-order valence-electron chi connectivity index (χ2n) is 4.90. The highest BCUT2D eigenvalue weighted by atomic mass is 16.5. The van der Waals surface area contributed by atoms with Gasteiger partial charge in [-0.05, 0) is 25.5 Å². The zero-order valence-electron chi connectivity index (χ0n) is 11.5. The SMILES string of the molecule is O=CCCCCCCCCC=CN1CCOCC1. The van der Waals surface area contributed by atoms with Gasteiger partial charge in [0.25, 0.3) is 0 Å². The molecule has 1 saturated heterocycles. The molecule has 104 valence electrons. The topological polar surface area (TPSA) is 29.5 Å².